The highest BCUT2D eigenvalue weighted by atomic mass is 16.1. The summed E-state index contributed by atoms with van der Waals surface area (Å²) < 4.78 is 0. The highest BCUT2D eigenvalue weighted by Crippen LogP contribution is 2.08. The first-order chi connectivity index (χ1) is 9.97. The van der Waals surface area contributed by atoms with Gasteiger partial charge < -0.3 is 10.2 Å². The van der Waals surface area contributed by atoms with Crippen molar-refractivity contribution in [1.29, 1.82) is 0 Å². The van der Waals surface area contributed by atoms with Gasteiger partial charge in [0, 0.05) is 43.3 Å². The molecule has 2 rings (SSSR count). The van der Waals surface area contributed by atoms with Crippen LogP contribution in [-0.2, 0) is 0 Å². The highest BCUT2D eigenvalue weighted by molar-refractivity contribution is 5.99. The van der Waals surface area contributed by atoms with E-state index in [0.717, 1.165) is 19.6 Å². The van der Waals surface area contributed by atoms with Gasteiger partial charge in [-0.3, -0.25) is 14.5 Å². The van der Waals surface area contributed by atoms with Crippen molar-refractivity contribution < 1.29 is 9.59 Å². The zero-order chi connectivity index (χ0) is 15.4. The van der Waals surface area contributed by atoms with E-state index >= 15 is 0 Å². The lowest BCUT2D eigenvalue weighted by Gasteiger charge is -2.37. The third-order valence-corrected chi connectivity index (χ3v) is 4.01. The first kappa shape index (κ1) is 15.7. The molecule has 5 heteroatoms. The van der Waals surface area contributed by atoms with Gasteiger partial charge in [-0.2, -0.15) is 0 Å². The van der Waals surface area contributed by atoms with E-state index in [0.29, 0.717) is 23.7 Å². The van der Waals surface area contributed by atoms with Gasteiger partial charge in [0.2, 0.25) is 0 Å². The number of benzene rings is 1. The number of hydrogen-bond acceptors (Lipinski definition) is 4. The summed E-state index contributed by atoms with van der Waals surface area (Å²) in [6.07, 6.45) is 0. The van der Waals surface area contributed by atoms with Crippen LogP contribution in [0.4, 0.5) is 0 Å². The molecule has 1 heterocycles. The Labute approximate surface area is 125 Å². The Kier molecular flexibility index (Phi) is 5.09. The molecule has 0 saturated carbocycles. The molecule has 1 saturated heterocycles. The quantitative estimate of drug-likeness (QED) is 0.836. The zero-order valence-electron chi connectivity index (χ0n) is 12.9. The predicted molar refractivity (Wildman–Crippen MR) is 82.7 cm³/mol. The smallest absolute Gasteiger partial charge is 0.251 e. The number of hydrogen-bond donors (Lipinski definition) is 1. The second-order valence-electron chi connectivity index (χ2n) is 5.74. The van der Waals surface area contributed by atoms with Crippen LogP contribution in [0.5, 0.6) is 0 Å². The van der Waals surface area contributed by atoms with Gasteiger partial charge in [0.25, 0.3) is 5.91 Å². The average Bonchev–Trinajstić information content (AvgIpc) is 2.48. The summed E-state index contributed by atoms with van der Waals surface area (Å²) in [4.78, 5) is 28.1. The first-order valence-corrected chi connectivity index (χ1v) is 7.25. The van der Waals surface area contributed by atoms with Gasteiger partial charge in [-0.15, -0.1) is 0 Å². The topological polar surface area (TPSA) is 52.7 Å². The monoisotopic (exact) mass is 289 g/mol. The fourth-order valence-electron chi connectivity index (χ4n) is 2.51. The van der Waals surface area contributed by atoms with Gasteiger partial charge in [-0.25, -0.2) is 0 Å². The van der Waals surface area contributed by atoms with Crippen LogP contribution in [0.2, 0.25) is 0 Å². The minimum absolute atomic E-state index is 0.0294. The van der Waals surface area contributed by atoms with Crippen LogP contribution in [0.3, 0.4) is 0 Å². The highest BCUT2D eigenvalue weighted by Gasteiger charge is 2.22. The predicted octanol–water partition coefficient (Wildman–Crippen LogP) is 0.865. The number of likely N-dealkylation sites (N-methyl/N-ethyl adjacent to an activating group) is 2. The Morgan fingerprint density at radius 3 is 2.67 bits per heavy atom. The number of carbonyl (C=O) groups excluding carboxylic acids is 2. The van der Waals surface area contributed by atoms with Crippen molar-refractivity contribution in [3.8, 4) is 0 Å². The third-order valence-electron chi connectivity index (χ3n) is 4.01. The molecule has 1 aliphatic heterocycles. The molecular weight excluding hydrogens is 266 g/mol. The molecule has 1 N–H and O–H groups in total. The minimum Gasteiger partial charge on any atom is -0.350 e. The van der Waals surface area contributed by atoms with Crippen LogP contribution in [0.25, 0.3) is 0 Å². The fourth-order valence-corrected chi connectivity index (χ4v) is 2.51. The summed E-state index contributed by atoms with van der Waals surface area (Å²) in [5.74, 6) is -0.155. The van der Waals surface area contributed by atoms with Crippen molar-refractivity contribution in [2.45, 2.75) is 13.0 Å². The second kappa shape index (κ2) is 6.83. The van der Waals surface area contributed by atoms with Crippen LogP contribution < -0.4 is 5.32 Å². The lowest BCUT2D eigenvalue weighted by atomic mass is 10.1. The Balaban J connectivity index is 1.95. The summed E-state index contributed by atoms with van der Waals surface area (Å²) in [6, 6.07) is 7.17. The molecule has 1 aliphatic rings. The van der Waals surface area contributed by atoms with Crippen molar-refractivity contribution in [1.82, 2.24) is 15.1 Å². The Hall–Kier alpha value is -1.72. The van der Waals surface area contributed by atoms with Gasteiger partial charge in [-0.1, -0.05) is 12.1 Å². The molecule has 21 heavy (non-hydrogen) atoms. The van der Waals surface area contributed by atoms with Crippen LogP contribution in [0.1, 0.15) is 27.6 Å². The fraction of sp³-hybridized carbons (Fsp3) is 0.500. The van der Waals surface area contributed by atoms with E-state index in [2.05, 4.69) is 29.2 Å². The SMILES string of the molecule is CC(=O)c1cccc(C(=O)NC[C@@H]2CN(C)CCN2C)c1. The number of ketones is 1. The van der Waals surface area contributed by atoms with Gasteiger partial charge in [0.05, 0.1) is 0 Å². The molecule has 1 aromatic carbocycles. The van der Waals surface area contributed by atoms with E-state index in [1.165, 1.54) is 6.92 Å². The average molecular weight is 289 g/mol. The molecule has 0 aromatic heterocycles. The van der Waals surface area contributed by atoms with Crippen molar-refractivity contribution >= 4 is 11.7 Å². The molecule has 1 aromatic rings. The van der Waals surface area contributed by atoms with Gasteiger partial charge in [0.1, 0.15) is 0 Å². The van der Waals surface area contributed by atoms with Crippen molar-refractivity contribution in [2.75, 3.05) is 40.3 Å². The van der Waals surface area contributed by atoms with Crippen LogP contribution >= 0.6 is 0 Å². The molecule has 0 bridgehead atoms. The number of nitrogens with zero attached hydrogens (tertiary/aromatic N) is 2. The Morgan fingerprint density at radius 2 is 1.95 bits per heavy atom. The largest absolute Gasteiger partial charge is 0.350 e. The molecule has 0 unspecified atom stereocenters. The standard InChI is InChI=1S/C16H23N3O2/c1-12(20)13-5-4-6-14(9-13)16(21)17-10-15-11-18(2)7-8-19(15)3/h4-6,9,15H,7-8,10-11H2,1-3H3,(H,17,21)/t15-/m1/s1. The maximum Gasteiger partial charge on any atom is 0.251 e. The van der Waals surface area contributed by atoms with Crippen molar-refractivity contribution in [2.24, 2.45) is 0 Å². The number of Topliss-reactive ketones (excluding diaryl/α,β-unsaturated/α-hetero) is 1. The van der Waals surface area contributed by atoms with E-state index < -0.39 is 0 Å². The summed E-state index contributed by atoms with van der Waals surface area (Å²) in [6.45, 7) is 5.14. The minimum atomic E-state index is -0.125. The van der Waals surface area contributed by atoms with Crippen LogP contribution in [0, 0.1) is 0 Å². The van der Waals surface area contributed by atoms with E-state index in [9.17, 15) is 9.59 Å². The van der Waals surface area contributed by atoms with Gasteiger partial charge >= 0.3 is 0 Å². The first-order valence-electron chi connectivity index (χ1n) is 7.25. The van der Waals surface area contributed by atoms with Gasteiger partial charge in [-0.05, 0) is 33.2 Å². The maximum atomic E-state index is 12.2. The summed E-state index contributed by atoms with van der Waals surface area (Å²) in [5, 5.41) is 2.97. The number of rotatable bonds is 4. The number of carbonyl (C=O) groups is 2. The molecule has 0 spiro atoms. The molecule has 5 nitrogen and oxygen atoms in total. The second-order valence-corrected chi connectivity index (χ2v) is 5.74. The van der Waals surface area contributed by atoms with E-state index in [1.54, 1.807) is 24.3 Å². The molecule has 1 atom stereocenters. The molecule has 1 fully saturated rings. The van der Waals surface area contributed by atoms with Crippen LogP contribution in [-0.4, -0.2) is 67.8 Å². The number of nitrogens with one attached hydrogen (secondary N) is 1. The lowest BCUT2D eigenvalue weighted by molar-refractivity contribution is 0.0881. The van der Waals surface area contributed by atoms with Crippen molar-refractivity contribution in [3.63, 3.8) is 0 Å². The van der Waals surface area contributed by atoms with E-state index in [-0.39, 0.29) is 11.7 Å². The molecule has 1 amide bonds. The summed E-state index contributed by atoms with van der Waals surface area (Å²) in [5.41, 5.74) is 1.10. The zero-order valence-corrected chi connectivity index (χ0v) is 12.9. The Bertz CT molecular complexity index is 530. The van der Waals surface area contributed by atoms with E-state index in [1.807, 2.05) is 0 Å². The number of piperazine rings is 1. The molecule has 0 radical (unpaired) electrons. The third kappa shape index (κ3) is 4.12. The van der Waals surface area contributed by atoms with Crippen LogP contribution in [0.15, 0.2) is 24.3 Å². The van der Waals surface area contributed by atoms with E-state index in [4.69, 9.17) is 0 Å². The molecule has 0 aliphatic carbocycles. The van der Waals surface area contributed by atoms with Crippen molar-refractivity contribution in [3.05, 3.63) is 35.4 Å². The van der Waals surface area contributed by atoms with Gasteiger partial charge in [0.15, 0.2) is 5.78 Å². The summed E-state index contributed by atoms with van der Waals surface area (Å²) in [7, 11) is 4.18. The molecular formula is C16H23N3O2. The lowest BCUT2D eigenvalue weighted by Crippen LogP contribution is -2.54. The normalized spacial score (nSPS) is 20.2. The number of amides is 1. The molecule has 114 valence electrons. The maximum absolute atomic E-state index is 12.2. The summed E-state index contributed by atoms with van der Waals surface area (Å²) >= 11 is 0. The Morgan fingerprint density at radius 1 is 1.24 bits per heavy atom.